The molecule has 0 radical (unpaired) electrons. The van der Waals surface area contributed by atoms with Gasteiger partial charge in [0, 0.05) is 17.6 Å². The molecule has 0 unspecified atom stereocenters. The highest BCUT2D eigenvalue weighted by atomic mass is 35.5. The van der Waals surface area contributed by atoms with Gasteiger partial charge in [0.25, 0.3) is 5.91 Å². The fourth-order valence-electron chi connectivity index (χ4n) is 2.61. The first-order valence-electron chi connectivity index (χ1n) is 8.78. The highest BCUT2D eigenvalue weighted by Gasteiger charge is 2.12. The van der Waals surface area contributed by atoms with E-state index in [-0.39, 0.29) is 11.8 Å². The van der Waals surface area contributed by atoms with Crippen LogP contribution in [0.5, 0.6) is 0 Å². The van der Waals surface area contributed by atoms with Crippen LogP contribution >= 0.6 is 11.6 Å². The second-order valence-corrected chi connectivity index (χ2v) is 6.47. The summed E-state index contributed by atoms with van der Waals surface area (Å²) in [7, 11) is 0. The monoisotopic (exact) mass is 390 g/mol. The number of halogens is 1. The number of rotatable bonds is 6. The fourth-order valence-corrected chi connectivity index (χ4v) is 2.81. The van der Waals surface area contributed by atoms with E-state index in [4.69, 9.17) is 11.6 Å². The number of anilines is 1. The van der Waals surface area contributed by atoms with E-state index in [0.717, 1.165) is 11.1 Å². The molecule has 0 heterocycles. The van der Waals surface area contributed by atoms with Crippen molar-refractivity contribution in [2.45, 2.75) is 6.54 Å². The molecule has 5 heteroatoms. The van der Waals surface area contributed by atoms with Gasteiger partial charge in [-0.25, -0.2) is 0 Å². The smallest absolute Gasteiger partial charge is 0.253 e. The normalized spacial score (nSPS) is 10.6. The van der Waals surface area contributed by atoms with Crippen LogP contribution in [0.25, 0.3) is 6.08 Å². The van der Waals surface area contributed by atoms with Crippen molar-refractivity contribution in [3.8, 4) is 0 Å². The Morgan fingerprint density at radius 3 is 2.32 bits per heavy atom. The molecule has 0 atom stereocenters. The minimum atomic E-state index is -0.344. The predicted octanol–water partition coefficient (Wildman–Crippen LogP) is 4.92. The summed E-state index contributed by atoms with van der Waals surface area (Å²) in [5.41, 5.74) is 2.59. The Labute approximate surface area is 168 Å². The lowest BCUT2D eigenvalue weighted by Crippen LogP contribution is -2.24. The SMILES string of the molecule is O=C(C=Cc1ccccc1Cl)Nc1ccccc1C(=O)NCc1ccccc1. The number of para-hydroxylation sites is 1. The third kappa shape index (κ3) is 5.32. The van der Waals surface area contributed by atoms with Crippen LogP contribution in [0.4, 0.5) is 5.69 Å². The second-order valence-electron chi connectivity index (χ2n) is 6.06. The first-order chi connectivity index (χ1) is 13.6. The Bertz CT molecular complexity index is 1000. The number of hydrogen-bond acceptors (Lipinski definition) is 2. The van der Waals surface area contributed by atoms with Crippen LogP contribution in [-0.4, -0.2) is 11.8 Å². The molecular formula is C23H19ClN2O2. The van der Waals surface area contributed by atoms with Crippen molar-refractivity contribution >= 4 is 35.2 Å². The van der Waals surface area contributed by atoms with Gasteiger partial charge in [-0.2, -0.15) is 0 Å². The van der Waals surface area contributed by atoms with Gasteiger partial charge in [0.05, 0.1) is 11.3 Å². The van der Waals surface area contributed by atoms with Gasteiger partial charge in [0.2, 0.25) is 5.91 Å². The molecule has 0 bridgehead atoms. The third-order valence-corrected chi connectivity index (χ3v) is 4.39. The van der Waals surface area contributed by atoms with Crippen molar-refractivity contribution in [3.05, 3.63) is 107 Å². The van der Waals surface area contributed by atoms with Crippen molar-refractivity contribution < 1.29 is 9.59 Å². The van der Waals surface area contributed by atoms with Crippen LogP contribution in [0.1, 0.15) is 21.5 Å². The molecular weight excluding hydrogens is 372 g/mol. The van der Waals surface area contributed by atoms with Gasteiger partial charge < -0.3 is 10.6 Å². The molecule has 4 nitrogen and oxygen atoms in total. The molecule has 2 N–H and O–H groups in total. The summed E-state index contributed by atoms with van der Waals surface area (Å²) in [6.45, 7) is 0.411. The van der Waals surface area contributed by atoms with Crippen LogP contribution in [-0.2, 0) is 11.3 Å². The summed E-state index contributed by atoms with van der Waals surface area (Å²) in [6, 6.07) is 23.8. The van der Waals surface area contributed by atoms with E-state index in [9.17, 15) is 9.59 Å². The van der Waals surface area contributed by atoms with Gasteiger partial charge in [-0.05, 0) is 35.4 Å². The average molecular weight is 391 g/mol. The largest absolute Gasteiger partial charge is 0.348 e. The molecule has 0 aliphatic heterocycles. The Morgan fingerprint density at radius 1 is 0.857 bits per heavy atom. The van der Waals surface area contributed by atoms with Crippen molar-refractivity contribution in [1.82, 2.24) is 5.32 Å². The maximum absolute atomic E-state index is 12.5. The highest BCUT2D eigenvalue weighted by molar-refractivity contribution is 6.32. The van der Waals surface area contributed by atoms with E-state index in [0.29, 0.717) is 22.8 Å². The zero-order chi connectivity index (χ0) is 19.8. The lowest BCUT2D eigenvalue weighted by molar-refractivity contribution is -0.111. The van der Waals surface area contributed by atoms with E-state index >= 15 is 0 Å². The summed E-state index contributed by atoms with van der Waals surface area (Å²) in [4.78, 5) is 24.8. The molecule has 0 aliphatic rings. The average Bonchev–Trinajstić information content (AvgIpc) is 2.72. The molecule has 0 saturated carbocycles. The Morgan fingerprint density at radius 2 is 1.54 bits per heavy atom. The van der Waals surface area contributed by atoms with Crippen LogP contribution in [0.2, 0.25) is 5.02 Å². The van der Waals surface area contributed by atoms with Crippen molar-refractivity contribution in [2.75, 3.05) is 5.32 Å². The molecule has 28 heavy (non-hydrogen) atoms. The molecule has 0 aromatic heterocycles. The van der Waals surface area contributed by atoms with Gasteiger partial charge in [-0.3, -0.25) is 9.59 Å². The highest BCUT2D eigenvalue weighted by Crippen LogP contribution is 2.18. The fraction of sp³-hybridized carbons (Fsp3) is 0.0435. The van der Waals surface area contributed by atoms with E-state index in [1.54, 1.807) is 36.4 Å². The molecule has 2 amide bonds. The van der Waals surface area contributed by atoms with Gasteiger partial charge in [0.15, 0.2) is 0 Å². The van der Waals surface area contributed by atoms with E-state index < -0.39 is 0 Å². The van der Waals surface area contributed by atoms with Gasteiger partial charge >= 0.3 is 0 Å². The Balaban J connectivity index is 1.67. The molecule has 140 valence electrons. The quantitative estimate of drug-likeness (QED) is 0.587. The third-order valence-electron chi connectivity index (χ3n) is 4.04. The van der Waals surface area contributed by atoms with Crippen molar-refractivity contribution in [1.29, 1.82) is 0 Å². The number of nitrogens with one attached hydrogen (secondary N) is 2. The predicted molar refractivity (Wildman–Crippen MR) is 113 cm³/mol. The number of carbonyl (C=O) groups excluding carboxylic acids is 2. The van der Waals surface area contributed by atoms with E-state index in [1.807, 2.05) is 48.5 Å². The molecule has 0 spiro atoms. The Kier molecular flexibility index (Phi) is 6.60. The minimum Gasteiger partial charge on any atom is -0.348 e. The second kappa shape index (κ2) is 9.53. The standard InChI is InChI=1S/C23H19ClN2O2/c24-20-12-6-4-10-18(20)14-15-22(27)26-21-13-7-5-11-19(21)23(28)25-16-17-8-2-1-3-9-17/h1-15H,16H2,(H,25,28)(H,26,27). The van der Waals surface area contributed by atoms with Crippen LogP contribution in [0.3, 0.4) is 0 Å². The zero-order valence-electron chi connectivity index (χ0n) is 15.1. The van der Waals surface area contributed by atoms with E-state index in [2.05, 4.69) is 10.6 Å². The zero-order valence-corrected chi connectivity index (χ0v) is 15.8. The summed E-state index contributed by atoms with van der Waals surface area (Å²) in [5, 5.41) is 6.18. The molecule has 0 aliphatic carbocycles. The molecule has 0 saturated heterocycles. The number of carbonyl (C=O) groups is 2. The van der Waals surface area contributed by atoms with Crippen LogP contribution < -0.4 is 10.6 Å². The van der Waals surface area contributed by atoms with Gasteiger partial charge in [-0.1, -0.05) is 72.3 Å². The molecule has 3 rings (SSSR count). The topological polar surface area (TPSA) is 58.2 Å². The number of amides is 2. The summed E-state index contributed by atoms with van der Waals surface area (Å²) in [5.74, 6) is -0.599. The van der Waals surface area contributed by atoms with Crippen molar-refractivity contribution in [2.24, 2.45) is 0 Å². The number of benzene rings is 3. The first-order valence-corrected chi connectivity index (χ1v) is 9.16. The van der Waals surface area contributed by atoms with Gasteiger partial charge in [0.1, 0.15) is 0 Å². The summed E-state index contributed by atoms with van der Waals surface area (Å²) in [6.07, 6.45) is 3.02. The summed E-state index contributed by atoms with van der Waals surface area (Å²) < 4.78 is 0. The minimum absolute atomic E-state index is 0.255. The van der Waals surface area contributed by atoms with Crippen molar-refractivity contribution in [3.63, 3.8) is 0 Å². The van der Waals surface area contributed by atoms with Crippen LogP contribution in [0, 0.1) is 0 Å². The maximum atomic E-state index is 12.5. The molecule has 3 aromatic rings. The molecule has 0 fully saturated rings. The molecule has 3 aromatic carbocycles. The lowest BCUT2D eigenvalue weighted by atomic mass is 10.1. The maximum Gasteiger partial charge on any atom is 0.253 e. The Hall–Kier alpha value is -3.37. The first kappa shape index (κ1) is 19.4. The lowest BCUT2D eigenvalue weighted by Gasteiger charge is -2.10. The number of hydrogen-bond donors (Lipinski definition) is 2. The van der Waals surface area contributed by atoms with E-state index in [1.165, 1.54) is 6.08 Å². The van der Waals surface area contributed by atoms with Crippen LogP contribution in [0.15, 0.2) is 84.9 Å². The summed E-state index contributed by atoms with van der Waals surface area (Å²) >= 11 is 6.08. The van der Waals surface area contributed by atoms with Gasteiger partial charge in [-0.15, -0.1) is 0 Å².